The van der Waals surface area contributed by atoms with E-state index in [0.29, 0.717) is 46.8 Å². The summed E-state index contributed by atoms with van der Waals surface area (Å²) in [5.41, 5.74) is 1.41. The number of methoxy groups -OCH3 is 1. The van der Waals surface area contributed by atoms with E-state index < -0.39 is 30.2 Å². The monoisotopic (exact) mass is 475 g/mol. The molecular weight excluding hydrogens is 440 g/mol. The minimum Gasteiger partial charge on any atom is -0.493 e. The quantitative estimate of drug-likeness (QED) is 0.340. The predicted molar refractivity (Wildman–Crippen MR) is 138 cm³/mol. The van der Waals surface area contributed by atoms with Crippen LogP contribution >= 0.6 is 0 Å². The number of ether oxygens (including phenoxy) is 3. The fraction of sp³-hybridized carbons (Fsp3) is 0.286. The normalized spacial score (nSPS) is 16.6. The maximum Gasteiger partial charge on any atom is 0.163 e. The van der Waals surface area contributed by atoms with E-state index in [1.807, 2.05) is 12.1 Å². The maximum atomic E-state index is 8.04. The van der Waals surface area contributed by atoms with Gasteiger partial charge in [-0.15, -0.1) is 0 Å². The number of para-hydroxylation sites is 1. The molecule has 1 N–H and O–H groups in total. The number of fused-ring (bicyclic) bond motifs is 1. The molecule has 0 saturated carbocycles. The summed E-state index contributed by atoms with van der Waals surface area (Å²) < 4.78 is 56.9. The number of aromatic nitrogens is 2. The van der Waals surface area contributed by atoms with Gasteiger partial charge in [-0.25, -0.2) is 9.97 Å². The fourth-order valence-corrected chi connectivity index (χ4v) is 4.02. The zero-order chi connectivity index (χ0) is 28.4. The highest BCUT2D eigenvalue weighted by Crippen LogP contribution is 2.35. The van der Waals surface area contributed by atoms with E-state index in [-0.39, 0.29) is 5.75 Å². The lowest BCUT2D eigenvalue weighted by Gasteiger charge is -2.28. The van der Waals surface area contributed by atoms with Gasteiger partial charge in [0.2, 0.25) is 0 Å². The van der Waals surface area contributed by atoms with Gasteiger partial charge in [-0.3, -0.25) is 0 Å². The molecule has 5 rings (SSSR count). The number of rotatable bonds is 8. The van der Waals surface area contributed by atoms with Crippen LogP contribution in [0.15, 0.2) is 72.9 Å². The predicted octanol–water partition coefficient (Wildman–Crippen LogP) is 5.89. The fourth-order valence-electron chi connectivity index (χ4n) is 4.02. The van der Waals surface area contributed by atoms with Gasteiger partial charge in [0.05, 0.1) is 26.1 Å². The molecule has 0 bridgehead atoms. The van der Waals surface area contributed by atoms with Gasteiger partial charge in [0.1, 0.15) is 23.6 Å². The topological polar surface area (TPSA) is 68.7 Å². The van der Waals surface area contributed by atoms with Crippen molar-refractivity contribution in [2.24, 2.45) is 5.92 Å². The summed E-state index contributed by atoms with van der Waals surface area (Å²) in [6.45, 7) is 2.78. The number of nitrogens with one attached hydrogen (secondary N) is 1. The summed E-state index contributed by atoms with van der Waals surface area (Å²) in [5, 5.41) is 4.03. The Bertz CT molecular complexity index is 1500. The third-order valence-electron chi connectivity index (χ3n) is 6.05. The van der Waals surface area contributed by atoms with Crippen LogP contribution in [0.3, 0.4) is 0 Å². The number of hydrogen-bond donors (Lipinski definition) is 1. The highest BCUT2D eigenvalue weighted by atomic mass is 16.5. The standard InChI is InChI=1S/C28H30N4O3/c1-32-14-12-20(13-15-32)18-34-27-17-25-24(16-26(27)33-2)28(30-19-29-25)31-21-8-10-23(11-9-21)35-22-6-4-3-5-7-22/h3-11,16-17,19-20H,12-15,18H2,1-2H3,(H,29,30,31)/i3D,4D,5D,6D,7D. The van der Waals surface area contributed by atoms with E-state index >= 15 is 0 Å². The molecular formula is C28H30N4O3. The van der Waals surface area contributed by atoms with E-state index in [0.717, 1.165) is 31.3 Å². The second-order valence-electron chi connectivity index (χ2n) is 8.51. The second kappa shape index (κ2) is 10.6. The summed E-state index contributed by atoms with van der Waals surface area (Å²) >= 11 is 0. The Balaban J connectivity index is 1.33. The lowest BCUT2D eigenvalue weighted by atomic mass is 9.98. The van der Waals surface area contributed by atoms with Gasteiger partial charge in [-0.05, 0) is 81.3 Å². The molecule has 3 aromatic carbocycles. The molecule has 1 saturated heterocycles. The molecule has 0 amide bonds. The van der Waals surface area contributed by atoms with Crippen LogP contribution in [0.2, 0.25) is 0 Å². The Morgan fingerprint density at radius 2 is 1.77 bits per heavy atom. The van der Waals surface area contributed by atoms with Crippen molar-refractivity contribution in [2.45, 2.75) is 12.8 Å². The first-order valence-corrected chi connectivity index (χ1v) is 11.5. The number of benzene rings is 3. The molecule has 0 radical (unpaired) electrons. The average Bonchev–Trinajstić information content (AvgIpc) is 2.97. The van der Waals surface area contributed by atoms with Crippen LogP contribution in [0.1, 0.15) is 19.7 Å². The number of nitrogens with zero attached hydrogens (tertiary/aromatic N) is 3. The first-order valence-electron chi connectivity index (χ1n) is 14.0. The van der Waals surface area contributed by atoms with Crippen LogP contribution in [0.5, 0.6) is 23.0 Å². The maximum absolute atomic E-state index is 8.04. The van der Waals surface area contributed by atoms with Crippen molar-refractivity contribution in [3.63, 3.8) is 0 Å². The Morgan fingerprint density at radius 1 is 1.00 bits per heavy atom. The number of anilines is 2. The van der Waals surface area contributed by atoms with Gasteiger partial charge < -0.3 is 24.4 Å². The molecule has 1 aliphatic heterocycles. The van der Waals surface area contributed by atoms with E-state index in [1.54, 1.807) is 31.4 Å². The van der Waals surface area contributed by atoms with Crippen molar-refractivity contribution in [2.75, 3.05) is 39.2 Å². The molecule has 1 aliphatic rings. The highest BCUT2D eigenvalue weighted by Gasteiger charge is 2.19. The van der Waals surface area contributed by atoms with Gasteiger partial charge in [-0.1, -0.05) is 18.1 Å². The van der Waals surface area contributed by atoms with Crippen LogP contribution in [-0.2, 0) is 0 Å². The van der Waals surface area contributed by atoms with Crippen molar-refractivity contribution < 1.29 is 21.1 Å². The van der Waals surface area contributed by atoms with Crippen molar-refractivity contribution in [3.8, 4) is 23.0 Å². The largest absolute Gasteiger partial charge is 0.493 e. The van der Waals surface area contributed by atoms with E-state index in [4.69, 9.17) is 21.1 Å². The SMILES string of the molecule is [2H]c1c([2H])c([2H])c(Oc2ccc(Nc3ncnc4cc(OCC5CCN(C)CC5)c(OC)cc34)cc2)c([2H])c1[2H]. The molecule has 4 aromatic rings. The third kappa shape index (κ3) is 5.63. The molecule has 7 nitrogen and oxygen atoms in total. The van der Waals surface area contributed by atoms with Crippen LogP contribution in [-0.4, -0.2) is 48.7 Å². The Hall–Kier alpha value is -3.84. The van der Waals surface area contributed by atoms with Crippen molar-refractivity contribution in [1.29, 1.82) is 0 Å². The number of piperidine rings is 1. The van der Waals surface area contributed by atoms with Gasteiger partial charge in [-0.2, -0.15) is 0 Å². The van der Waals surface area contributed by atoms with Gasteiger partial charge >= 0.3 is 0 Å². The molecule has 1 aromatic heterocycles. The minimum atomic E-state index is -0.466. The summed E-state index contributed by atoms with van der Waals surface area (Å²) in [6, 6.07) is 8.34. The minimum absolute atomic E-state index is 0.227. The Labute approximate surface area is 212 Å². The zero-order valence-electron chi connectivity index (χ0n) is 24.7. The van der Waals surface area contributed by atoms with Gasteiger partial charge in [0.15, 0.2) is 11.5 Å². The van der Waals surface area contributed by atoms with Crippen LogP contribution in [0.25, 0.3) is 10.9 Å². The van der Waals surface area contributed by atoms with Crippen LogP contribution < -0.4 is 19.5 Å². The second-order valence-corrected chi connectivity index (χ2v) is 8.51. The molecule has 0 unspecified atom stereocenters. The van der Waals surface area contributed by atoms with Crippen LogP contribution in [0.4, 0.5) is 11.5 Å². The lowest BCUT2D eigenvalue weighted by Crippen LogP contribution is -2.32. The van der Waals surface area contributed by atoms with Crippen molar-refractivity contribution in [1.82, 2.24) is 14.9 Å². The Morgan fingerprint density at radius 3 is 2.51 bits per heavy atom. The molecule has 0 spiro atoms. The molecule has 1 fully saturated rings. The number of hydrogen-bond acceptors (Lipinski definition) is 7. The van der Waals surface area contributed by atoms with E-state index in [9.17, 15) is 0 Å². The lowest BCUT2D eigenvalue weighted by molar-refractivity contribution is 0.157. The van der Waals surface area contributed by atoms with E-state index in [1.165, 1.54) is 6.33 Å². The van der Waals surface area contributed by atoms with Gasteiger partial charge in [0, 0.05) is 17.1 Å². The Kier molecular flexibility index (Phi) is 5.33. The molecule has 0 atom stereocenters. The smallest absolute Gasteiger partial charge is 0.163 e. The number of likely N-dealkylation sites (tertiary alicyclic amines) is 1. The molecule has 180 valence electrons. The summed E-state index contributed by atoms with van der Waals surface area (Å²) in [5.74, 6) is 2.42. The zero-order valence-corrected chi connectivity index (χ0v) is 19.7. The molecule has 2 heterocycles. The highest BCUT2D eigenvalue weighted by molar-refractivity contribution is 5.93. The van der Waals surface area contributed by atoms with Crippen LogP contribution in [0, 0.1) is 5.92 Å². The third-order valence-corrected chi connectivity index (χ3v) is 6.05. The first-order chi connectivity index (χ1) is 19.2. The summed E-state index contributed by atoms with van der Waals surface area (Å²) in [7, 11) is 3.75. The van der Waals surface area contributed by atoms with Crippen molar-refractivity contribution in [3.05, 3.63) is 72.9 Å². The average molecular weight is 476 g/mol. The molecule has 0 aliphatic carbocycles. The molecule has 7 heteroatoms. The molecule has 35 heavy (non-hydrogen) atoms. The first kappa shape index (κ1) is 17.6. The summed E-state index contributed by atoms with van der Waals surface area (Å²) in [6.07, 6.45) is 3.69. The van der Waals surface area contributed by atoms with Gasteiger partial charge in [0.25, 0.3) is 0 Å². The van der Waals surface area contributed by atoms with Crippen molar-refractivity contribution >= 4 is 22.4 Å². The summed E-state index contributed by atoms with van der Waals surface area (Å²) in [4.78, 5) is 11.2. The van der Waals surface area contributed by atoms with E-state index in [2.05, 4.69) is 27.2 Å².